The maximum absolute atomic E-state index is 3.43. The van der Waals surface area contributed by atoms with Crippen molar-refractivity contribution in [3.8, 4) is 0 Å². The summed E-state index contributed by atoms with van der Waals surface area (Å²) in [5.41, 5.74) is 4.25. The Morgan fingerprint density at radius 3 is 3.00 bits per heavy atom. The van der Waals surface area contributed by atoms with Gasteiger partial charge in [-0.1, -0.05) is 19.4 Å². The number of nitrogens with one attached hydrogen (secondary N) is 1. The fraction of sp³-hybridized carbons (Fsp3) is 0.529. The monoisotopic (exact) mass is 256 g/mol. The number of rotatable bonds is 4. The van der Waals surface area contributed by atoms with Gasteiger partial charge in [0.15, 0.2) is 0 Å². The van der Waals surface area contributed by atoms with Gasteiger partial charge in [-0.3, -0.25) is 0 Å². The molecule has 1 aromatic carbocycles. The number of aromatic nitrogens is 1. The Kier molecular flexibility index (Phi) is 3.61. The molecule has 2 heteroatoms. The molecule has 0 bridgehead atoms. The molecule has 1 fully saturated rings. The molecule has 1 aliphatic rings. The van der Waals surface area contributed by atoms with Crippen molar-refractivity contribution < 1.29 is 0 Å². The smallest absolute Gasteiger partial charge is 0.0456 e. The summed E-state index contributed by atoms with van der Waals surface area (Å²) in [6, 6.07) is 7.61. The molecule has 1 atom stereocenters. The largest absolute Gasteiger partial charge is 0.361 e. The van der Waals surface area contributed by atoms with E-state index >= 15 is 0 Å². The van der Waals surface area contributed by atoms with Crippen molar-refractivity contribution in [1.29, 1.82) is 0 Å². The molecular formula is C17H24N2. The zero-order valence-electron chi connectivity index (χ0n) is 12.1. The summed E-state index contributed by atoms with van der Waals surface area (Å²) in [5, 5.41) is 1.44. The second-order valence-electron chi connectivity index (χ2n) is 5.92. The van der Waals surface area contributed by atoms with Crippen molar-refractivity contribution in [3.05, 3.63) is 35.5 Å². The van der Waals surface area contributed by atoms with Gasteiger partial charge >= 0.3 is 0 Å². The topological polar surface area (TPSA) is 19.0 Å². The van der Waals surface area contributed by atoms with Crippen LogP contribution in [-0.2, 0) is 12.8 Å². The van der Waals surface area contributed by atoms with Crippen LogP contribution in [0.5, 0.6) is 0 Å². The van der Waals surface area contributed by atoms with Crippen LogP contribution in [0.3, 0.4) is 0 Å². The van der Waals surface area contributed by atoms with E-state index in [-0.39, 0.29) is 0 Å². The fourth-order valence-electron chi connectivity index (χ4n) is 3.33. The van der Waals surface area contributed by atoms with Crippen LogP contribution < -0.4 is 0 Å². The number of likely N-dealkylation sites (tertiary alicyclic amines) is 1. The number of hydrogen-bond donors (Lipinski definition) is 1. The summed E-state index contributed by atoms with van der Waals surface area (Å²) < 4.78 is 0. The number of aromatic amines is 1. The van der Waals surface area contributed by atoms with E-state index in [1.54, 1.807) is 0 Å². The van der Waals surface area contributed by atoms with Gasteiger partial charge in [-0.2, -0.15) is 0 Å². The number of benzene rings is 1. The van der Waals surface area contributed by atoms with Crippen molar-refractivity contribution >= 4 is 10.9 Å². The van der Waals surface area contributed by atoms with Crippen molar-refractivity contribution in [2.75, 3.05) is 13.6 Å². The van der Waals surface area contributed by atoms with E-state index in [2.05, 4.69) is 48.3 Å². The highest BCUT2D eigenvalue weighted by atomic mass is 15.1. The normalized spacial score (nSPS) is 20.4. The van der Waals surface area contributed by atoms with Crippen LogP contribution in [-0.4, -0.2) is 29.5 Å². The van der Waals surface area contributed by atoms with Gasteiger partial charge in [0.1, 0.15) is 0 Å². The molecule has 1 aromatic heterocycles. The molecule has 1 aliphatic heterocycles. The van der Waals surface area contributed by atoms with Crippen LogP contribution in [0.4, 0.5) is 0 Å². The van der Waals surface area contributed by atoms with Crippen molar-refractivity contribution in [2.45, 2.75) is 45.1 Å². The Hall–Kier alpha value is -1.28. The molecule has 2 nitrogen and oxygen atoms in total. The second-order valence-corrected chi connectivity index (χ2v) is 5.92. The molecule has 3 rings (SSSR count). The summed E-state index contributed by atoms with van der Waals surface area (Å²) in [6.07, 6.45) is 8.50. The molecule has 102 valence electrons. The molecular weight excluding hydrogens is 232 g/mol. The van der Waals surface area contributed by atoms with E-state index < -0.39 is 0 Å². The van der Waals surface area contributed by atoms with Crippen molar-refractivity contribution in [2.24, 2.45) is 0 Å². The summed E-state index contributed by atoms with van der Waals surface area (Å²) in [5.74, 6) is 0. The molecule has 1 N–H and O–H groups in total. The number of hydrogen-bond acceptors (Lipinski definition) is 1. The molecule has 0 spiro atoms. The molecule has 19 heavy (non-hydrogen) atoms. The number of aryl methyl sites for hydroxylation is 1. The predicted molar refractivity (Wildman–Crippen MR) is 81.6 cm³/mol. The Morgan fingerprint density at radius 1 is 1.37 bits per heavy atom. The first kappa shape index (κ1) is 12.7. The van der Waals surface area contributed by atoms with Crippen LogP contribution in [0.25, 0.3) is 10.9 Å². The van der Waals surface area contributed by atoms with Crippen LogP contribution in [0.1, 0.15) is 37.3 Å². The highest BCUT2D eigenvalue weighted by Crippen LogP contribution is 2.25. The Balaban J connectivity index is 1.88. The van der Waals surface area contributed by atoms with E-state index in [1.807, 2.05) is 0 Å². The molecule has 1 saturated heterocycles. The van der Waals surface area contributed by atoms with Gasteiger partial charge in [0.25, 0.3) is 0 Å². The zero-order valence-corrected chi connectivity index (χ0v) is 12.1. The van der Waals surface area contributed by atoms with E-state index in [1.165, 1.54) is 60.7 Å². The maximum atomic E-state index is 3.43. The minimum Gasteiger partial charge on any atom is -0.361 e. The van der Waals surface area contributed by atoms with E-state index in [4.69, 9.17) is 0 Å². The minimum atomic E-state index is 0.730. The van der Waals surface area contributed by atoms with Crippen molar-refractivity contribution in [1.82, 2.24) is 9.88 Å². The third-order valence-electron chi connectivity index (χ3n) is 4.50. The maximum Gasteiger partial charge on any atom is 0.0456 e. The first-order valence-electron chi connectivity index (χ1n) is 7.57. The van der Waals surface area contributed by atoms with Crippen LogP contribution in [0.2, 0.25) is 0 Å². The van der Waals surface area contributed by atoms with Gasteiger partial charge in [-0.25, -0.2) is 0 Å². The lowest BCUT2D eigenvalue weighted by Gasteiger charge is -2.18. The lowest BCUT2D eigenvalue weighted by molar-refractivity contribution is 0.310. The Morgan fingerprint density at radius 2 is 2.26 bits per heavy atom. The number of H-pyrrole nitrogens is 1. The second kappa shape index (κ2) is 5.38. The predicted octanol–water partition coefficient (Wildman–Crippen LogP) is 3.76. The fourth-order valence-corrected chi connectivity index (χ4v) is 3.33. The van der Waals surface area contributed by atoms with Crippen LogP contribution in [0.15, 0.2) is 24.4 Å². The first-order valence-corrected chi connectivity index (χ1v) is 7.57. The minimum absolute atomic E-state index is 0.730. The molecule has 0 saturated carbocycles. The van der Waals surface area contributed by atoms with Gasteiger partial charge < -0.3 is 9.88 Å². The summed E-state index contributed by atoms with van der Waals surface area (Å²) in [4.78, 5) is 5.94. The molecule has 2 heterocycles. The standard InChI is InChI=1S/C17H24N2/c1-3-5-13-7-8-17-16(10-13)14(12-18-17)11-15-6-4-9-19(15)2/h7-8,10,12,15,18H,3-6,9,11H2,1-2H3. The van der Waals surface area contributed by atoms with Gasteiger partial charge in [0.05, 0.1) is 0 Å². The van der Waals surface area contributed by atoms with E-state index in [0.717, 1.165) is 6.04 Å². The Bertz CT molecular complexity index is 555. The summed E-state index contributed by atoms with van der Waals surface area (Å²) in [7, 11) is 2.26. The first-order chi connectivity index (χ1) is 9.28. The lowest BCUT2D eigenvalue weighted by Crippen LogP contribution is -2.26. The molecule has 0 aliphatic carbocycles. The Labute approximate surface area is 115 Å². The van der Waals surface area contributed by atoms with Crippen molar-refractivity contribution in [3.63, 3.8) is 0 Å². The summed E-state index contributed by atoms with van der Waals surface area (Å²) in [6.45, 7) is 3.50. The number of fused-ring (bicyclic) bond motifs is 1. The number of likely N-dealkylation sites (N-methyl/N-ethyl adjacent to an activating group) is 1. The number of nitrogens with zero attached hydrogens (tertiary/aromatic N) is 1. The SMILES string of the molecule is CCCc1ccc2[nH]cc(CC3CCCN3C)c2c1. The van der Waals surface area contributed by atoms with Crippen LogP contribution >= 0.6 is 0 Å². The van der Waals surface area contributed by atoms with Gasteiger partial charge in [0.2, 0.25) is 0 Å². The third kappa shape index (κ3) is 2.55. The van der Waals surface area contributed by atoms with Gasteiger partial charge in [0, 0.05) is 23.1 Å². The van der Waals surface area contributed by atoms with Crippen LogP contribution in [0, 0.1) is 0 Å². The van der Waals surface area contributed by atoms with E-state index in [9.17, 15) is 0 Å². The molecule has 1 unspecified atom stereocenters. The van der Waals surface area contributed by atoms with Gasteiger partial charge in [-0.05, 0) is 62.5 Å². The quantitative estimate of drug-likeness (QED) is 0.882. The highest BCUT2D eigenvalue weighted by molar-refractivity contribution is 5.84. The average Bonchev–Trinajstić information content (AvgIpc) is 2.98. The van der Waals surface area contributed by atoms with E-state index in [0.29, 0.717) is 0 Å². The highest BCUT2D eigenvalue weighted by Gasteiger charge is 2.22. The average molecular weight is 256 g/mol. The molecule has 0 radical (unpaired) electrons. The third-order valence-corrected chi connectivity index (χ3v) is 4.50. The zero-order chi connectivity index (χ0) is 13.2. The molecule has 2 aromatic rings. The summed E-state index contributed by atoms with van der Waals surface area (Å²) >= 11 is 0. The lowest BCUT2D eigenvalue weighted by atomic mass is 10.0. The van der Waals surface area contributed by atoms with Gasteiger partial charge in [-0.15, -0.1) is 0 Å². The molecule has 0 amide bonds.